The Hall–Kier alpha value is -1.43. The van der Waals surface area contributed by atoms with Crippen LogP contribution in [0.25, 0.3) is 0 Å². The summed E-state index contributed by atoms with van der Waals surface area (Å²) in [6, 6.07) is 0.748. The van der Waals surface area contributed by atoms with E-state index in [9.17, 15) is 4.79 Å². The maximum Gasteiger partial charge on any atom is 0.273 e. The van der Waals surface area contributed by atoms with Gasteiger partial charge in [-0.25, -0.2) is 4.68 Å². The standard InChI is InChI=1S/C11H17N5O/c17-11(13-8-1-2-8)10-7-16(15-14-10)9-3-5-12-6-4-9/h7-9,12H,1-6H2,(H,13,17). The van der Waals surface area contributed by atoms with E-state index in [1.165, 1.54) is 0 Å². The number of nitrogens with one attached hydrogen (secondary N) is 2. The van der Waals surface area contributed by atoms with Crippen LogP contribution in [-0.2, 0) is 0 Å². The van der Waals surface area contributed by atoms with Crippen LogP contribution in [-0.4, -0.2) is 40.0 Å². The van der Waals surface area contributed by atoms with Crippen LogP contribution >= 0.6 is 0 Å². The summed E-state index contributed by atoms with van der Waals surface area (Å²) in [7, 11) is 0. The molecule has 1 aliphatic heterocycles. The number of hydrogen-bond donors (Lipinski definition) is 2. The van der Waals surface area contributed by atoms with Crippen molar-refractivity contribution in [3.63, 3.8) is 0 Å². The first-order chi connectivity index (χ1) is 8.33. The van der Waals surface area contributed by atoms with Crippen molar-refractivity contribution in [1.82, 2.24) is 25.6 Å². The molecule has 6 heteroatoms. The zero-order valence-corrected chi connectivity index (χ0v) is 9.72. The van der Waals surface area contributed by atoms with Gasteiger partial charge in [0.1, 0.15) is 0 Å². The van der Waals surface area contributed by atoms with Gasteiger partial charge in [0.25, 0.3) is 5.91 Å². The number of carbonyl (C=O) groups is 1. The summed E-state index contributed by atoms with van der Waals surface area (Å²) in [6.45, 7) is 2.02. The Kier molecular flexibility index (Phi) is 2.80. The van der Waals surface area contributed by atoms with E-state index in [-0.39, 0.29) is 5.91 Å². The van der Waals surface area contributed by atoms with Crippen LogP contribution in [0.3, 0.4) is 0 Å². The molecule has 2 heterocycles. The van der Waals surface area contributed by atoms with Crippen molar-refractivity contribution < 1.29 is 4.79 Å². The van der Waals surface area contributed by atoms with E-state index < -0.39 is 0 Å². The van der Waals surface area contributed by atoms with Crippen molar-refractivity contribution in [2.24, 2.45) is 0 Å². The Morgan fingerprint density at radius 3 is 2.82 bits per heavy atom. The van der Waals surface area contributed by atoms with Crippen LogP contribution in [0.4, 0.5) is 0 Å². The average molecular weight is 235 g/mol. The fourth-order valence-electron chi connectivity index (χ4n) is 2.12. The van der Waals surface area contributed by atoms with Gasteiger partial charge in [-0.05, 0) is 38.8 Å². The lowest BCUT2D eigenvalue weighted by atomic mass is 10.1. The highest BCUT2D eigenvalue weighted by atomic mass is 16.2. The van der Waals surface area contributed by atoms with Crippen molar-refractivity contribution in [3.05, 3.63) is 11.9 Å². The predicted molar refractivity (Wildman–Crippen MR) is 61.7 cm³/mol. The number of nitrogens with zero attached hydrogens (tertiary/aromatic N) is 3. The second kappa shape index (κ2) is 4.44. The lowest BCUT2D eigenvalue weighted by molar-refractivity contribution is 0.0946. The van der Waals surface area contributed by atoms with E-state index in [0.717, 1.165) is 38.8 Å². The second-order valence-electron chi connectivity index (χ2n) is 4.81. The highest BCUT2D eigenvalue weighted by Gasteiger charge is 2.25. The van der Waals surface area contributed by atoms with Crippen molar-refractivity contribution in [3.8, 4) is 0 Å². The zero-order chi connectivity index (χ0) is 11.7. The molecule has 6 nitrogen and oxygen atoms in total. The fourth-order valence-corrected chi connectivity index (χ4v) is 2.12. The topological polar surface area (TPSA) is 71.8 Å². The summed E-state index contributed by atoms with van der Waals surface area (Å²) < 4.78 is 1.84. The zero-order valence-electron chi connectivity index (χ0n) is 9.72. The van der Waals surface area contributed by atoms with Crippen LogP contribution in [0.2, 0.25) is 0 Å². The minimum Gasteiger partial charge on any atom is -0.348 e. The molecule has 0 spiro atoms. The van der Waals surface area contributed by atoms with Crippen LogP contribution in [0.15, 0.2) is 6.20 Å². The Morgan fingerprint density at radius 1 is 1.35 bits per heavy atom. The van der Waals surface area contributed by atoms with Gasteiger partial charge in [0.15, 0.2) is 5.69 Å². The Balaban J connectivity index is 1.65. The molecule has 0 radical (unpaired) electrons. The van der Waals surface area contributed by atoms with Gasteiger partial charge in [0, 0.05) is 6.04 Å². The quantitative estimate of drug-likeness (QED) is 0.779. The highest BCUT2D eigenvalue weighted by Crippen LogP contribution is 2.20. The molecule has 0 atom stereocenters. The van der Waals surface area contributed by atoms with Crippen molar-refractivity contribution in [2.45, 2.75) is 37.8 Å². The molecule has 2 N–H and O–H groups in total. The monoisotopic (exact) mass is 235 g/mol. The maximum atomic E-state index is 11.8. The molecule has 1 saturated heterocycles. The Bertz CT molecular complexity index is 406. The van der Waals surface area contributed by atoms with Crippen LogP contribution < -0.4 is 10.6 Å². The van der Waals surface area contributed by atoms with E-state index in [4.69, 9.17) is 0 Å². The maximum absolute atomic E-state index is 11.8. The van der Waals surface area contributed by atoms with E-state index in [1.807, 2.05) is 4.68 Å². The van der Waals surface area contributed by atoms with E-state index >= 15 is 0 Å². The number of rotatable bonds is 3. The summed E-state index contributed by atoms with van der Waals surface area (Å²) in [5, 5.41) is 14.2. The van der Waals surface area contributed by atoms with Crippen molar-refractivity contribution in [1.29, 1.82) is 0 Å². The van der Waals surface area contributed by atoms with Crippen molar-refractivity contribution >= 4 is 5.91 Å². The van der Waals surface area contributed by atoms with E-state index in [0.29, 0.717) is 17.8 Å². The first kappa shape index (κ1) is 10.7. The van der Waals surface area contributed by atoms with E-state index in [2.05, 4.69) is 20.9 Å². The van der Waals surface area contributed by atoms with Gasteiger partial charge < -0.3 is 10.6 Å². The third kappa shape index (κ3) is 2.46. The molecule has 1 aromatic rings. The summed E-state index contributed by atoms with van der Waals surface area (Å²) >= 11 is 0. The molecular weight excluding hydrogens is 218 g/mol. The van der Waals surface area contributed by atoms with Gasteiger partial charge in [0.2, 0.25) is 0 Å². The minimum absolute atomic E-state index is 0.0901. The number of amides is 1. The average Bonchev–Trinajstić information content (AvgIpc) is 3.04. The molecule has 2 fully saturated rings. The van der Waals surface area contributed by atoms with Crippen LogP contribution in [0.5, 0.6) is 0 Å². The van der Waals surface area contributed by atoms with Crippen molar-refractivity contribution in [2.75, 3.05) is 13.1 Å². The Labute approximate surface area is 99.8 Å². The van der Waals surface area contributed by atoms with Gasteiger partial charge >= 0.3 is 0 Å². The molecule has 0 bridgehead atoms. The fraction of sp³-hybridized carbons (Fsp3) is 0.727. The SMILES string of the molecule is O=C(NC1CC1)c1cn(C2CCNCC2)nn1. The summed E-state index contributed by atoms with van der Waals surface area (Å²) in [5.41, 5.74) is 0.440. The molecule has 1 saturated carbocycles. The van der Waals surface area contributed by atoms with Gasteiger partial charge in [-0.2, -0.15) is 0 Å². The third-order valence-electron chi connectivity index (χ3n) is 3.34. The summed E-state index contributed by atoms with van der Waals surface area (Å²) in [4.78, 5) is 11.8. The number of hydrogen-bond acceptors (Lipinski definition) is 4. The summed E-state index contributed by atoms with van der Waals surface area (Å²) in [6.07, 6.45) is 6.05. The largest absolute Gasteiger partial charge is 0.348 e. The molecular formula is C11H17N5O. The number of carbonyl (C=O) groups excluding carboxylic acids is 1. The molecule has 2 aliphatic rings. The first-order valence-corrected chi connectivity index (χ1v) is 6.26. The normalized spacial score (nSPS) is 21.4. The third-order valence-corrected chi connectivity index (χ3v) is 3.34. The molecule has 1 aliphatic carbocycles. The molecule has 17 heavy (non-hydrogen) atoms. The molecule has 92 valence electrons. The molecule has 1 aromatic heterocycles. The molecule has 1 amide bonds. The highest BCUT2D eigenvalue weighted by molar-refractivity contribution is 5.92. The molecule has 0 aromatic carbocycles. The second-order valence-corrected chi connectivity index (χ2v) is 4.81. The minimum atomic E-state index is -0.0901. The first-order valence-electron chi connectivity index (χ1n) is 6.26. The van der Waals surface area contributed by atoms with Gasteiger partial charge in [0.05, 0.1) is 12.2 Å². The number of aromatic nitrogens is 3. The van der Waals surface area contributed by atoms with Gasteiger partial charge in [-0.3, -0.25) is 4.79 Å². The van der Waals surface area contributed by atoms with Crippen LogP contribution in [0, 0.1) is 0 Å². The van der Waals surface area contributed by atoms with Gasteiger partial charge in [-0.15, -0.1) is 5.10 Å². The Morgan fingerprint density at radius 2 is 2.12 bits per heavy atom. The number of piperidine rings is 1. The van der Waals surface area contributed by atoms with Gasteiger partial charge in [-0.1, -0.05) is 5.21 Å². The lowest BCUT2D eigenvalue weighted by Crippen LogP contribution is -2.29. The predicted octanol–water partition coefficient (Wildman–Crippen LogP) is 0.0948. The molecule has 3 rings (SSSR count). The smallest absolute Gasteiger partial charge is 0.273 e. The van der Waals surface area contributed by atoms with E-state index in [1.54, 1.807) is 6.20 Å². The molecule has 0 unspecified atom stereocenters. The summed E-state index contributed by atoms with van der Waals surface area (Å²) in [5.74, 6) is -0.0901. The lowest BCUT2D eigenvalue weighted by Gasteiger charge is -2.22. The van der Waals surface area contributed by atoms with Crippen LogP contribution in [0.1, 0.15) is 42.2 Å².